The summed E-state index contributed by atoms with van der Waals surface area (Å²) in [4.78, 5) is 0. The van der Waals surface area contributed by atoms with Crippen molar-refractivity contribution >= 4 is 0 Å². The van der Waals surface area contributed by atoms with Crippen LogP contribution in [-0.2, 0) is 73.7 Å². The van der Waals surface area contributed by atoms with Crippen molar-refractivity contribution in [2.24, 2.45) is 46.3 Å². The van der Waals surface area contributed by atoms with E-state index in [1.54, 1.807) is 21.8 Å². The second kappa shape index (κ2) is 29.5. The third-order valence-corrected chi connectivity index (χ3v) is 21.4. The molecule has 0 aromatic carbocycles. The standard InChI is InChI=1S/C58H96N6O25/c1-5-6-26(2)31-7-8-32-40-33(17-39(58(31,32)4)81-14-12-64-19-29(60-62-64)25-83-54-50(79)46(75)52(38(23-68)87-54)89-56-48(77)44(73)42(71)36(21-66)85-56)57(3)10-9-30(69)15-27(57)16-34(40)80-13-11-63-18-28(59-61-63)24-82-53-49(78)45(74)51(37(22-67)86-53)88-55-47(76)43(72)41(70)35(20-65)84-55/h18-19,26-27,30-56,65-79H,5-17,20-25H2,1-4H3/t26-,27+,30-,31-,32+,33+,34-,35?,36?,37?,38?,39+,40+,41-,42-,43?,44?,45?,46-,47+,48+,49+,50?,51-,52-,53-,54-,55-,56-,57+,58-/m1/s1. The predicted molar refractivity (Wildman–Crippen MR) is 298 cm³/mol. The first-order valence-electron chi connectivity index (χ1n) is 31.7. The number of fused-ring (bicyclic) bond motifs is 5. The monoisotopic (exact) mass is 1280 g/mol. The minimum Gasteiger partial charge on any atom is -0.394 e. The fraction of sp³-hybridized carbons (Fsp3) is 0.931. The van der Waals surface area contributed by atoms with Crippen LogP contribution in [0.25, 0.3) is 0 Å². The highest BCUT2D eigenvalue weighted by molar-refractivity contribution is 5.15. The molecule has 89 heavy (non-hydrogen) atoms. The average Bonchev–Trinajstić information content (AvgIpc) is 1.68. The third-order valence-electron chi connectivity index (χ3n) is 21.4. The molecule has 4 saturated carbocycles. The number of hydrogen-bond acceptors (Lipinski definition) is 29. The molecule has 8 fully saturated rings. The summed E-state index contributed by atoms with van der Waals surface area (Å²) >= 11 is 0. The van der Waals surface area contributed by atoms with Crippen LogP contribution in [0.15, 0.2) is 12.4 Å². The molecule has 31 nitrogen and oxygen atoms in total. The van der Waals surface area contributed by atoms with E-state index in [9.17, 15) is 76.6 Å². The van der Waals surface area contributed by atoms with E-state index in [2.05, 4.69) is 48.3 Å². The summed E-state index contributed by atoms with van der Waals surface area (Å²) in [7, 11) is 0. The SMILES string of the molecule is CCC[C@@H](C)[C@H]1CC[C@H]2[C@@H]3[C@H](OCCn4cc(CO[C@@H]5OC(CO)[C@@H](O[C@H]6OC(CO)[C@@H](O)C(O)[C@@H]6O)C(O)[C@@H]5O)nn4)C[C@@H]4C[C@H](O)CC[C@]4(C)[C@H]3C[C@H](OCCn3cc(CO[C@@H]4OC(CO)[C@@H](O[C@H]5OC(CO)[C@@H](O)C(O)[C@@H]5O)[C@H](O)C4O)nn3)[C@]12C. The number of aromatic nitrogens is 6. The van der Waals surface area contributed by atoms with E-state index in [4.69, 9.17) is 47.4 Å². The summed E-state index contributed by atoms with van der Waals surface area (Å²) in [5.74, 6) is 1.79. The smallest absolute Gasteiger partial charge is 0.187 e. The first-order chi connectivity index (χ1) is 42.6. The molecule has 4 aliphatic heterocycles. The Labute approximate surface area is 515 Å². The van der Waals surface area contributed by atoms with Crippen molar-refractivity contribution in [3.63, 3.8) is 0 Å². The van der Waals surface area contributed by atoms with Crippen molar-refractivity contribution in [1.29, 1.82) is 0 Å². The van der Waals surface area contributed by atoms with E-state index in [1.165, 1.54) is 0 Å². The van der Waals surface area contributed by atoms with Gasteiger partial charge in [-0.2, -0.15) is 0 Å². The molecule has 31 atom stereocenters. The van der Waals surface area contributed by atoms with Crippen LogP contribution in [0, 0.1) is 46.3 Å². The maximum absolute atomic E-state index is 11.1. The van der Waals surface area contributed by atoms with Crippen molar-refractivity contribution < 1.29 is 124 Å². The van der Waals surface area contributed by atoms with Crippen molar-refractivity contribution in [2.45, 2.75) is 253 Å². The molecule has 2 aromatic rings. The van der Waals surface area contributed by atoms with Crippen LogP contribution in [-0.4, -0.2) is 287 Å². The Morgan fingerprint density at radius 1 is 0.551 bits per heavy atom. The van der Waals surface area contributed by atoms with Crippen molar-refractivity contribution in [2.75, 3.05) is 39.6 Å². The van der Waals surface area contributed by atoms with Gasteiger partial charge in [0, 0.05) is 5.41 Å². The number of nitrogens with zero attached hydrogens (tertiary/aromatic N) is 6. The topological polar surface area (TPSA) is 457 Å². The quantitative estimate of drug-likeness (QED) is 0.0444. The Balaban J connectivity index is 0.753. The van der Waals surface area contributed by atoms with Gasteiger partial charge in [-0.05, 0) is 85.9 Å². The number of ether oxygens (including phenoxy) is 10. The zero-order chi connectivity index (χ0) is 63.8. The first-order valence-corrected chi connectivity index (χ1v) is 31.7. The van der Waals surface area contributed by atoms with Gasteiger partial charge < -0.3 is 124 Å². The highest BCUT2D eigenvalue weighted by Gasteiger charge is 2.67. The molecule has 2 aromatic heterocycles. The largest absolute Gasteiger partial charge is 0.394 e. The predicted octanol–water partition coefficient (Wildman–Crippen LogP) is -4.70. The molecule has 4 saturated heterocycles. The molecule has 31 heteroatoms. The van der Waals surface area contributed by atoms with E-state index in [-0.39, 0.29) is 59.9 Å². The maximum atomic E-state index is 11.1. The van der Waals surface area contributed by atoms with Crippen LogP contribution in [0.2, 0.25) is 0 Å². The van der Waals surface area contributed by atoms with E-state index in [1.807, 2.05) is 0 Å². The minimum absolute atomic E-state index is 0.0658. The molecule has 8 unspecified atom stereocenters. The van der Waals surface area contributed by atoms with Crippen molar-refractivity contribution in [3.8, 4) is 0 Å². The molecular formula is C58H96N6O25. The summed E-state index contributed by atoms with van der Waals surface area (Å²) in [6, 6.07) is 0. The normalized spacial score (nSPS) is 46.3. The van der Waals surface area contributed by atoms with Crippen LogP contribution in [0.4, 0.5) is 0 Å². The number of hydrogen-bond donors (Lipinski definition) is 15. The number of aliphatic hydroxyl groups excluding tert-OH is 15. The molecular weight excluding hydrogens is 1180 g/mol. The molecule has 508 valence electrons. The van der Waals surface area contributed by atoms with Crippen LogP contribution in [0.5, 0.6) is 0 Å². The van der Waals surface area contributed by atoms with Gasteiger partial charge in [-0.3, -0.25) is 0 Å². The Hall–Kier alpha value is -2.72. The van der Waals surface area contributed by atoms with Gasteiger partial charge in [0.1, 0.15) is 109 Å². The van der Waals surface area contributed by atoms with Gasteiger partial charge in [0.15, 0.2) is 25.2 Å². The molecule has 8 aliphatic rings. The molecule has 0 spiro atoms. The average molecular weight is 1280 g/mol. The Morgan fingerprint density at radius 2 is 1.03 bits per heavy atom. The zero-order valence-corrected chi connectivity index (χ0v) is 50.8. The van der Waals surface area contributed by atoms with E-state index < -0.39 is 155 Å². The second-order valence-corrected chi connectivity index (χ2v) is 26.6. The van der Waals surface area contributed by atoms with Gasteiger partial charge in [-0.15, -0.1) is 10.2 Å². The van der Waals surface area contributed by atoms with Gasteiger partial charge in [-0.1, -0.05) is 51.0 Å². The van der Waals surface area contributed by atoms with Crippen LogP contribution < -0.4 is 0 Å². The van der Waals surface area contributed by atoms with Crippen molar-refractivity contribution in [3.05, 3.63) is 23.8 Å². The lowest BCUT2D eigenvalue weighted by Gasteiger charge is -2.64. The zero-order valence-electron chi connectivity index (χ0n) is 50.8. The Bertz CT molecular complexity index is 2520. The Kier molecular flexibility index (Phi) is 22.9. The summed E-state index contributed by atoms with van der Waals surface area (Å²) < 4.78 is 62.9. The highest BCUT2D eigenvalue weighted by atomic mass is 16.8. The van der Waals surface area contributed by atoms with Crippen LogP contribution in [0.3, 0.4) is 0 Å². The fourth-order valence-corrected chi connectivity index (χ4v) is 16.5. The Morgan fingerprint density at radius 3 is 1.53 bits per heavy atom. The van der Waals surface area contributed by atoms with E-state index in [0.29, 0.717) is 55.9 Å². The van der Waals surface area contributed by atoms with Crippen molar-refractivity contribution in [1.82, 2.24) is 30.0 Å². The van der Waals surface area contributed by atoms with Crippen LogP contribution in [0.1, 0.15) is 96.9 Å². The molecule has 10 rings (SSSR count). The minimum atomic E-state index is -1.80. The summed E-state index contributed by atoms with van der Waals surface area (Å²) in [5.41, 5.74) is 0.488. The summed E-state index contributed by atoms with van der Waals surface area (Å²) in [5, 5.41) is 174. The molecule has 0 bridgehead atoms. The highest BCUT2D eigenvalue weighted by Crippen LogP contribution is 2.69. The molecule has 15 N–H and O–H groups in total. The number of aliphatic hydroxyl groups is 15. The van der Waals surface area contributed by atoms with Gasteiger partial charge in [-0.25, -0.2) is 9.36 Å². The van der Waals surface area contributed by atoms with Gasteiger partial charge >= 0.3 is 0 Å². The number of rotatable bonds is 25. The first kappa shape index (κ1) is 69.1. The van der Waals surface area contributed by atoms with Gasteiger partial charge in [0.2, 0.25) is 0 Å². The second-order valence-electron chi connectivity index (χ2n) is 26.6. The maximum Gasteiger partial charge on any atom is 0.187 e. The van der Waals surface area contributed by atoms with Gasteiger partial charge in [0.05, 0.1) is 96.7 Å². The molecule has 0 amide bonds. The van der Waals surface area contributed by atoms with E-state index in [0.717, 1.165) is 51.4 Å². The van der Waals surface area contributed by atoms with Gasteiger partial charge in [0.25, 0.3) is 0 Å². The van der Waals surface area contributed by atoms with E-state index >= 15 is 0 Å². The fourth-order valence-electron chi connectivity index (χ4n) is 16.5. The lowest BCUT2D eigenvalue weighted by Crippen LogP contribution is -2.64. The molecule has 6 heterocycles. The summed E-state index contributed by atoms with van der Waals surface area (Å²) in [6.07, 6.45) is -20.8. The molecule has 4 aliphatic carbocycles. The lowest BCUT2D eigenvalue weighted by molar-refractivity contribution is -0.360. The molecule has 0 radical (unpaired) electrons. The van der Waals surface area contributed by atoms with Crippen LogP contribution >= 0.6 is 0 Å². The third kappa shape index (κ3) is 14.0. The summed E-state index contributed by atoms with van der Waals surface area (Å²) in [6.45, 7) is 7.54. The lowest BCUT2D eigenvalue weighted by atomic mass is 9.43.